The highest BCUT2D eigenvalue weighted by molar-refractivity contribution is 6.31. The van der Waals surface area contributed by atoms with Gasteiger partial charge in [-0.3, -0.25) is 0 Å². The van der Waals surface area contributed by atoms with Crippen molar-refractivity contribution < 1.29 is 0 Å². The monoisotopic (exact) mass is 266 g/mol. The summed E-state index contributed by atoms with van der Waals surface area (Å²) in [6.45, 7) is 6.58. The van der Waals surface area contributed by atoms with Gasteiger partial charge in [0, 0.05) is 29.8 Å². The lowest BCUT2D eigenvalue weighted by Crippen LogP contribution is -2.24. The van der Waals surface area contributed by atoms with Crippen LogP contribution in [0.4, 0.5) is 5.69 Å². The van der Waals surface area contributed by atoms with Crippen molar-refractivity contribution in [2.45, 2.75) is 39.2 Å². The molecule has 1 saturated heterocycles. The zero-order valence-corrected chi connectivity index (χ0v) is 12.1. The Bertz CT molecular complexity index is 403. The molecule has 100 valence electrons. The van der Waals surface area contributed by atoms with E-state index in [2.05, 4.69) is 30.0 Å². The van der Waals surface area contributed by atoms with E-state index >= 15 is 0 Å². The number of nitrogens with zero attached hydrogens (tertiary/aromatic N) is 1. The van der Waals surface area contributed by atoms with E-state index in [0.29, 0.717) is 0 Å². The van der Waals surface area contributed by atoms with Crippen LogP contribution in [0.25, 0.3) is 0 Å². The van der Waals surface area contributed by atoms with Crippen molar-refractivity contribution in [1.82, 2.24) is 0 Å². The van der Waals surface area contributed by atoms with E-state index in [4.69, 9.17) is 17.3 Å². The van der Waals surface area contributed by atoms with Gasteiger partial charge in [0.1, 0.15) is 0 Å². The molecule has 0 saturated carbocycles. The van der Waals surface area contributed by atoms with Crippen molar-refractivity contribution in [3.63, 3.8) is 0 Å². The molecule has 1 fully saturated rings. The molecule has 0 amide bonds. The summed E-state index contributed by atoms with van der Waals surface area (Å²) < 4.78 is 0. The third kappa shape index (κ3) is 3.18. The quantitative estimate of drug-likeness (QED) is 0.877. The van der Waals surface area contributed by atoms with Gasteiger partial charge in [-0.25, -0.2) is 0 Å². The Morgan fingerprint density at radius 3 is 2.78 bits per heavy atom. The van der Waals surface area contributed by atoms with Crippen LogP contribution in [0.1, 0.15) is 44.7 Å². The normalized spacial score (nSPS) is 22.7. The molecule has 0 aliphatic carbocycles. The topological polar surface area (TPSA) is 29.3 Å². The molecule has 2 rings (SSSR count). The SMILES string of the molecule is CC1CCCN(c2ccc(C(C)N)c(Cl)c2)CC1. The fourth-order valence-corrected chi connectivity index (χ4v) is 2.95. The highest BCUT2D eigenvalue weighted by Gasteiger charge is 2.15. The summed E-state index contributed by atoms with van der Waals surface area (Å²) >= 11 is 6.31. The van der Waals surface area contributed by atoms with Crippen LogP contribution < -0.4 is 10.6 Å². The predicted octanol–water partition coefficient (Wildman–Crippen LogP) is 3.99. The van der Waals surface area contributed by atoms with E-state index in [9.17, 15) is 0 Å². The number of hydrogen-bond donors (Lipinski definition) is 1. The van der Waals surface area contributed by atoms with E-state index in [1.165, 1.54) is 24.9 Å². The van der Waals surface area contributed by atoms with Crippen molar-refractivity contribution >= 4 is 17.3 Å². The largest absolute Gasteiger partial charge is 0.371 e. The van der Waals surface area contributed by atoms with Gasteiger partial charge in [0.25, 0.3) is 0 Å². The molecule has 0 radical (unpaired) electrons. The summed E-state index contributed by atoms with van der Waals surface area (Å²) in [5, 5.41) is 0.791. The first kappa shape index (κ1) is 13.7. The number of halogens is 1. The van der Waals surface area contributed by atoms with Crippen LogP contribution in [0.2, 0.25) is 5.02 Å². The van der Waals surface area contributed by atoms with E-state index in [-0.39, 0.29) is 6.04 Å². The van der Waals surface area contributed by atoms with Gasteiger partial charge in [0.2, 0.25) is 0 Å². The van der Waals surface area contributed by atoms with E-state index in [1.54, 1.807) is 0 Å². The molecule has 2 nitrogen and oxygen atoms in total. The second kappa shape index (κ2) is 5.94. The van der Waals surface area contributed by atoms with Crippen molar-refractivity contribution in [1.29, 1.82) is 0 Å². The van der Waals surface area contributed by atoms with E-state index < -0.39 is 0 Å². The number of hydrogen-bond acceptors (Lipinski definition) is 2. The summed E-state index contributed by atoms with van der Waals surface area (Å²) in [7, 11) is 0. The minimum atomic E-state index is -0.00398. The van der Waals surface area contributed by atoms with E-state index in [0.717, 1.165) is 29.6 Å². The van der Waals surface area contributed by atoms with Crippen LogP contribution in [0.3, 0.4) is 0 Å². The van der Waals surface area contributed by atoms with Gasteiger partial charge in [-0.05, 0) is 49.8 Å². The second-order valence-corrected chi connectivity index (χ2v) is 5.92. The summed E-state index contributed by atoms with van der Waals surface area (Å²) in [5.74, 6) is 0.841. The average molecular weight is 267 g/mol. The Hall–Kier alpha value is -0.730. The summed E-state index contributed by atoms with van der Waals surface area (Å²) in [5.41, 5.74) is 8.15. The molecule has 0 bridgehead atoms. The lowest BCUT2D eigenvalue weighted by atomic mass is 10.0. The van der Waals surface area contributed by atoms with Crippen LogP contribution in [0, 0.1) is 5.92 Å². The van der Waals surface area contributed by atoms with Gasteiger partial charge >= 0.3 is 0 Å². The van der Waals surface area contributed by atoms with Crippen LogP contribution in [0.15, 0.2) is 18.2 Å². The summed E-state index contributed by atoms with van der Waals surface area (Å²) in [6.07, 6.45) is 3.88. The van der Waals surface area contributed by atoms with Gasteiger partial charge in [-0.1, -0.05) is 24.6 Å². The summed E-state index contributed by atoms with van der Waals surface area (Å²) in [6, 6.07) is 6.28. The maximum absolute atomic E-state index is 6.31. The molecular weight excluding hydrogens is 244 g/mol. The average Bonchev–Trinajstić information content (AvgIpc) is 2.53. The molecule has 18 heavy (non-hydrogen) atoms. The molecule has 1 aromatic carbocycles. The first-order chi connectivity index (χ1) is 8.58. The van der Waals surface area contributed by atoms with Crippen molar-refractivity contribution in [3.05, 3.63) is 28.8 Å². The van der Waals surface area contributed by atoms with Gasteiger partial charge in [-0.15, -0.1) is 0 Å². The molecule has 0 aromatic heterocycles. The molecular formula is C15H23ClN2. The van der Waals surface area contributed by atoms with Gasteiger partial charge in [-0.2, -0.15) is 0 Å². The molecule has 1 aliphatic rings. The second-order valence-electron chi connectivity index (χ2n) is 5.52. The number of nitrogens with two attached hydrogens (primary N) is 1. The van der Waals surface area contributed by atoms with Gasteiger partial charge in [0.15, 0.2) is 0 Å². The molecule has 1 aliphatic heterocycles. The zero-order chi connectivity index (χ0) is 13.1. The molecule has 3 heteroatoms. The molecule has 1 aromatic rings. The standard InChI is InChI=1S/C15H23ClN2/c1-11-4-3-8-18(9-7-11)13-5-6-14(12(2)17)15(16)10-13/h5-6,10-12H,3-4,7-9,17H2,1-2H3. The lowest BCUT2D eigenvalue weighted by Gasteiger charge is -2.24. The van der Waals surface area contributed by atoms with Crippen LogP contribution in [-0.2, 0) is 0 Å². The van der Waals surface area contributed by atoms with Crippen molar-refractivity contribution in [2.24, 2.45) is 11.7 Å². The van der Waals surface area contributed by atoms with Crippen LogP contribution >= 0.6 is 11.6 Å². The van der Waals surface area contributed by atoms with E-state index in [1.807, 2.05) is 6.92 Å². The first-order valence-electron chi connectivity index (χ1n) is 6.88. The molecule has 2 atom stereocenters. The lowest BCUT2D eigenvalue weighted by molar-refractivity contribution is 0.521. The Balaban J connectivity index is 2.15. The Morgan fingerprint density at radius 1 is 1.33 bits per heavy atom. The Labute approximate surface area is 115 Å². The fraction of sp³-hybridized carbons (Fsp3) is 0.600. The molecule has 2 unspecified atom stereocenters. The smallest absolute Gasteiger partial charge is 0.0474 e. The van der Waals surface area contributed by atoms with Crippen molar-refractivity contribution in [3.8, 4) is 0 Å². The fourth-order valence-electron chi connectivity index (χ4n) is 2.60. The number of benzene rings is 1. The van der Waals surface area contributed by atoms with Crippen LogP contribution in [0.5, 0.6) is 0 Å². The highest BCUT2D eigenvalue weighted by Crippen LogP contribution is 2.29. The molecule has 0 spiro atoms. The zero-order valence-electron chi connectivity index (χ0n) is 11.3. The Kier molecular flexibility index (Phi) is 4.52. The first-order valence-corrected chi connectivity index (χ1v) is 7.25. The number of anilines is 1. The van der Waals surface area contributed by atoms with Crippen LogP contribution in [-0.4, -0.2) is 13.1 Å². The summed E-state index contributed by atoms with van der Waals surface area (Å²) in [4.78, 5) is 2.44. The molecule has 1 heterocycles. The minimum absolute atomic E-state index is 0.00398. The third-order valence-corrected chi connectivity index (χ3v) is 4.18. The van der Waals surface area contributed by atoms with Crippen molar-refractivity contribution in [2.75, 3.05) is 18.0 Å². The minimum Gasteiger partial charge on any atom is -0.371 e. The van der Waals surface area contributed by atoms with Gasteiger partial charge in [0.05, 0.1) is 0 Å². The highest BCUT2D eigenvalue weighted by atomic mass is 35.5. The molecule has 2 N–H and O–H groups in total. The third-order valence-electron chi connectivity index (χ3n) is 3.86. The van der Waals surface area contributed by atoms with Gasteiger partial charge < -0.3 is 10.6 Å². The predicted molar refractivity (Wildman–Crippen MR) is 79.3 cm³/mol. The number of rotatable bonds is 2. The Morgan fingerprint density at radius 2 is 2.11 bits per heavy atom. The maximum atomic E-state index is 6.31. The maximum Gasteiger partial charge on any atom is 0.0474 e.